The maximum atomic E-state index is 13.0. The third-order valence-electron chi connectivity index (χ3n) is 5.08. The number of carbonyl (C=O) groups excluding carboxylic acids is 4. The predicted molar refractivity (Wildman–Crippen MR) is 127 cm³/mol. The Hall–Kier alpha value is -3.51. The first kappa shape index (κ1) is 29.5. The molecule has 0 radical (unpaired) electrons. The Morgan fingerprint density at radius 2 is 1.43 bits per heavy atom. The van der Waals surface area contributed by atoms with Gasteiger partial charge in [-0.3, -0.25) is 19.2 Å². The Morgan fingerprint density at radius 3 is 1.94 bits per heavy atom. The van der Waals surface area contributed by atoms with Gasteiger partial charge in [0.25, 0.3) is 0 Å². The van der Waals surface area contributed by atoms with E-state index in [4.69, 9.17) is 16.6 Å². The summed E-state index contributed by atoms with van der Waals surface area (Å²) in [5.74, 6) is -4.30. The van der Waals surface area contributed by atoms with Crippen molar-refractivity contribution in [2.45, 2.75) is 63.7 Å². The van der Waals surface area contributed by atoms with E-state index >= 15 is 0 Å². The first-order valence-electron chi connectivity index (χ1n) is 11.3. The second-order valence-electron chi connectivity index (χ2n) is 8.64. The average molecular weight is 494 g/mol. The molecule has 0 aliphatic carbocycles. The van der Waals surface area contributed by atoms with Crippen molar-refractivity contribution in [3.8, 4) is 0 Å². The number of hydrogen-bond donors (Lipinski definition) is 7. The fourth-order valence-electron chi connectivity index (χ4n) is 3.21. The molecule has 35 heavy (non-hydrogen) atoms. The van der Waals surface area contributed by atoms with Crippen LogP contribution in [0.25, 0.3) is 0 Å². The Morgan fingerprint density at radius 1 is 0.886 bits per heavy atom. The number of aliphatic carboxylic acids is 1. The lowest BCUT2D eigenvalue weighted by Gasteiger charge is -2.26. The Kier molecular flexibility index (Phi) is 12.4. The zero-order valence-electron chi connectivity index (χ0n) is 19.9. The number of hydrogen-bond acceptors (Lipinski definition) is 7. The highest BCUT2D eigenvalue weighted by Gasteiger charge is 2.31. The molecule has 0 aromatic heterocycles. The van der Waals surface area contributed by atoms with Crippen LogP contribution < -0.4 is 27.4 Å². The molecule has 9 N–H and O–H groups in total. The summed E-state index contributed by atoms with van der Waals surface area (Å²) < 4.78 is 0. The molecule has 1 aromatic carbocycles. The summed E-state index contributed by atoms with van der Waals surface area (Å²) in [4.78, 5) is 61.0. The summed E-state index contributed by atoms with van der Waals surface area (Å²) >= 11 is 0. The molecular weight excluding hydrogens is 458 g/mol. The fraction of sp³-hybridized carbons (Fsp3) is 0.522. The molecule has 0 spiro atoms. The molecule has 1 rings (SSSR count). The fourth-order valence-corrected chi connectivity index (χ4v) is 3.21. The van der Waals surface area contributed by atoms with E-state index in [0.717, 1.165) is 0 Å². The molecule has 0 bridgehead atoms. The first-order chi connectivity index (χ1) is 16.4. The predicted octanol–water partition coefficient (Wildman–Crippen LogP) is -1.60. The maximum Gasteiger partial charge on any atom is 0.326 e. The van der Waals surface area contributed by atoms with E-state index in [0.29, 0.717) is 5.56 Å². The molecule has 194 valence electrons. The highest BCUT2D eigenvalue weighted by Crippen LogP contribution is 2.09. The van der Waals surface area contributed by atoms with Gasteiger partial charge in [0, 0.05) is 12.8 Å². The molecular formula is C23H35N5O7. The molecule has 1 aromatic rings. The van der Waals surface area contributed by atoms with Crippen molar-refractivity contribution in [2.24, 2.45) is 17.4 Å². The van der Waals surface area contributed by atoms with Gasteiger partial charge in [0.05, 0.1) is 6.61 Å². The topological polar surface area (TPSA) is 214 Å². The third kappa shape index (κ3) is 11.0. The highest BCUT2D eigenvalue weighted by molar-refractivity contribution is 5.94. The van der Waals surface area contributed by atoms with Gasteiger partial charge in [-0.1, -0.05) is 44.2 Å². The van der Waals surface area contributed by atoms with Gasteiger partial charge in [0.1, 0.15) is 24.2 Å². The van der Waals surface area contributed by atoms with Crippen LogP contribution in [0.5, 0.6) is 0 Å². The van der Waals surface area contributed by atoms with Gasteiger partial charge >= 0.3 is 5.97 Å². The van der Waals surface area contributed by atoms with E-state index < -0.39 is 60.4 Å². The molecule has 0 aliphatic rings. The minimum Gasteiger partial charge on any atom is -0.480 e. The van der Waals surface area contributed by atoms with Crippen molar-refractivity contribution in [1.82, 2.24) is 16.0 Å². The molecule has 0 heterocycles. The van der Waals surface area contributed by atoms with Crippen LogP contribution in [0, 0.1) is 5.92 Å². The molecule has 4 unspecified atom stereocenters. The van der Waals surface area contributed by atoms with Gasteiger partial charge in [0.15, 0.2) is 0 Å². The lowest BCUT2D eigenvalue weighted by molar-refractivity contribution is -0.142. The number of aliphatic hydroxyl groups excluding tert-OH is 1. The number of carbonyl (C=O) groups is 5. The molecule has 12 nitrogen and oxygen atoms in total. The van der Waals surface area contributed by atoms with Gasteiger partial charge < -0.3 is 37.6 Å². The average Bonchev–Trinajstić information content (AvgIpc) is 2.80. The SMILES string of the molecule is CC(C)CC(NC(=O)C(CCC(N)=O)NC(=O)C(N)CO)C(=O)NC(Cc1ccccc1)C(=O)O. The summed E-state index contributed by atoms with van der Waals surface area (Å²) in [7, 11) is 0. The normalized spacial score (nSPS) is 14.3. The number of amides is 4. The van der Waals surface area contributed by atoms with E-state index in [2.05, 4.69) is 16.0 Å². The number of rotatable bonds is 15. The Balaban J connectivity index is 3.01. The summed E-state index contributed by atoms with van der Waals surface area (Å²) in [5, 5.41) is 26.0. The number of carboxylic acid groups (broad SMARTS) is 1. The number of benzene rings is 1. The summed E-state index contributed by atoms with van der Waals surface area (Å²) in [6, 6.07) is 3.87. The molecule has 4 atom stereocenters. The molecule has 0 fully saturated rings. The van der Waals surface area contributed by atoms with Crippen molar-refractivity contribution >= 4 is 29.6 Å². The largest absolute Gasteiger partial charge is 0.480 e. The number of primary amides is 1. The summed E-state index contributed by atoms with van der Waals surface area (Å²) in [5.41, 5.74) is 11.3. The quantitative estimate of drug-likeness (QED) is 0.151. The maximum absolute atomic E-state index is 13.0. The molecule has 0 aliphatic heterocycles. The van der Waals surface area contributed by atoms with Crippen molar-refractivity contribution in [3.05, 3.63) is 35.9 Å². The second kappa shape index (κ2) is 14.7. The minimum atomic E-state index is -1.29. The van der Waals surface area contributed by atoms with Gasteiger partial charge in [0.2, 0.25) is 23.6 Å². The number of carboxylic acids is 1. The summed E-state index contributed by atoms with van der Waals surface area (Å²) in [6.07, 6.45) is -0.165. The molecule has 0 saturated carbocycles. The zero-order valence-corrected chi connectivity index (χ0v) is 19.9. The van der Waals surface area contributed by atoms with E-state index in [-0.39, 0.29) is 31.6 Å². The van der Waals surface area contributed by atoms with Gasteiger partial charge in [-0.2, -0.15) is 0 Å². The molecule has 12 heteroatoms. The summed E-state index contributed by atoms with van der Waals surface area (Å²) in [6.45, 7) is 2.97. The van der Waals surface area contributed by atoms with Gasteiger partial charge in [-0.05, 0) is 24.3 Å². The van der Waals surface area contributed by atoms with Gasteiger partial charge in [-0.15, -0.1) is 0 Å². The lowest BCUT2D eigenvalue weighted by Crippen LogP contribution is -2.57. The Labute approximate surface area is 203 Å². The third-order valence-corrected chi connectivity index (χ3v) is 5.08. The minimum absolute atomic E-state index is 0.0423. The first-order valence-corrected chi connectivity index (χ1v) is 11.3. The number of nitrogens with one attached hydrogen (secondary N) is 3. The van der Waals surface area contributed by atoms with Crippen LogP contribution >= 0.6 is 0 Å². The Bertz CT molecular complexity index is 878. The van der Waals surface area contributed by atoms with E-state index in [1.54, 1.807) is 30.3 Å². The van der Waals surface area contributed by atoms with E-state index in [9.17, 15) is 29.1 Å². The van der Waals surface area contributed by atoms with Crippen LogP contribution in [0.1, 0.15) is 38.7 Å². The van der Waals surface area contributed by atoms with E-state index in [1.807, 2.05) is 13.8 Å². The number of nitrogens with two attached hydrogens (primary N) is 2. The standard InChI is InChI=1S/C23H35N5O7/c1-13(2)10-17(22(33)28-18(23(34)35)11-14-6-4-3-5-7-14)27-21(32)16(8-9-19(25)30)26-20(31)15(24)12-29/h3-7,13,15-18,29H,8-12,24H2,1-2H3,(H2,25,30)(H,26,31)(H,27,32)(H,28,33)(H,34,35). The van der Waals surface area contributed by atoms with Crippen LogP contribution in [0.2, 0.25) is 0 Å². The molecule has 0 saturated heterocycles. The number of aliphatic hydroxyl groups is 1. The zero-order chi connectivity index (χ0) is 26.5. The highest BCUT2D eigenvalue weighted by atomic mass is 16.4. The smallest absolute Gasteiger partial charge is 0.326 e. The monoisotopic (exact) mass is 493 g/mol. The van der Waals surface area contributed by atoms with Crippen LogP contribution in [0.4, 0.5) is 0 Å². The van der Waals surface area contributed by atoms with Crippen molar-refractivity contribution in [2.75, 3.05) is 6.61 Å². The van der Waals surface area contributed by atoms with Crippen LogP contribution in [0.15, 0.2) is 30.3 Å². The van der Waals surface area contributed by atoms with Crippen molar-refractivity contribution in [3.63, 3.8) is 0 Å². The van der Waals surface area contributed by atoms with Crippen molar-refractivity contribution < 1.29 is 34.2 Å². The van der Waals surface area contributed by atoms with Crippen LogP contribution in [0.3, 0.4) is 0 Å². The molecule has 4 amide bonds. The van der Waals surface area contributed by atoms with Crippen LogP contribution in [-0.2, 0) is 30.4 Å². The van der Waals surface area contributed by atoms with Crippen molar-refractivity contribution in [1.29, 1.82) is 0 Å². The van der Waals surface area contributed by atoms with Gasteiger partial charge in [-0.25, -0.2) is 4.79 Å². The van der Waals surface area contributed by atoms with Crippen LogP contribution in [-0.4, -0.2) is 70.6 Å². The van der Waals surface area contributed by atoms with E-state index in [1.165, 1.54) is 0 Å². The second-order valence-corrected chi connectivity index (χ2v) is 8.64. The lowest BCUT2D eigenvalue weighted by atomic mass is 10.0.